The molecule has 2 N–H and O–H groups in total. The molecule has 0 saturated carbocycles. The Hall–Kier alpha value is -0.950. The standard InChI is InChI=1S/C15H24N2O3S/c1-18-15-11-13(3-4-14(15)16)12-5-7-17(8-6-12)9-10-21-20-19-2/h3-4,11-12H,5-10,16H2,1-2H3. The predicted molar refractivity (Wildman–Crippen MR) is 86.4 cm³/mol. The molecule has 0 spiro atoms. The molecule has 0 aliphatic carbocycles. The van der Waals surface area contributed by atoms with E-state index in [0.29, 0.717) is 11.6 Å². The average Bonchev–Trinajstić information content (AvgIpc) is 2.53. The Labute approximate surface area is 130 Å². The van der Waals surface area contributed by atoms with Gasteiger partial charge >= 0.3 is 0 Å². The number of nitrogens with zero attached hydrogens (tertiary/aromatic N) is 1. The number of piperidine rings is 1. The second-order valence-corrected chi connectivity index (χ2v) is 5.95. The third-order valence-electron chi connectivity index (χ3n) is 3.92. The summed E-state index contributed by atoms with van der Waals surface area (Å²) >= 11 is 1.36. The first-order valence-electron chi connectivity index (χ1n) is 7.22. The van der Waals surface area contributed by atoms with Gasteiger partial charge in [-0.1, -0.05) is 6.07 Å². The van der Waals surface area contributed by atoms with Crippen molar-refractivity contribution in [2.45, 2.75) is 18.8 Å². The predicted octanol–water partition coefficient (Wildman–Crippen LogP) is 2.68. The van der Waals surface area contributed by atoms with Crippen LogP contribution in [0.2, 0.25) is 0 Å². The molecule has 118 valence electrons. The van der Waals surface area contributed by atoms with Crippen LogP contribution in [0, 0.1) is 0 Å². The van der Waals surface area contributed by atoms with E-state index in [0.717, 1.165) is 31.1 Å². The van der Waals surface area contributed by atoms with Crippen molar-refractivity contribution in [2.75, 3.05) is 45.3 Å². The van der Waals surface area contributed by atoms with Gasteiger partial charge in [0.05, 0.1) is 19.9 Å². The summed E-state index contributed by atoms with van der Waals surface area (Å²) in [5.74, 6) is 2.30. The van der Waals surface area contributed by atoms with E-state index in [2.05, 4.69) is 21.9 Å². The van der Waals surface area contributed by atoms with Crippen molar-refractivity contribution in [3.8, 4) is 5.75 Å². The monoisotopic (exact) mass is 312 g/mol. The fraction of sp³-hybridized carbons (Fsp3) is 0.600. The van der Waals surface area contributed by atoms with Crippen molar-refractivity contribution in [3.63, 3.8) is 0 Å². The summed E-state index contributed by atoms with van der Waals surface area (Å²) in [5, 5.41) is 0. The van der Waals surface area contributed by atoms with Crippen LogP contribution in [-0.4, -0.2) is 44.5 Å². The summed E-state index contributed by atoms with van der Waals surface area (Å²) in [4.78, 5) is 7.03. The van der Waals surface area contributed by atoms with Crippen LogP contribution in [0.25, 0.3) is 0 Å². The van der Waals surface area contributed by atoms with Crippen LogP contribution in [0.1, 0.15) is 24.3 Å². The molecule has 5 nitrogen and oxygen atoms in total. The molecular weight excluding hydrogens is 288 g/mol. The van der Waals surface area contributed by atoms with Crippen LogP contribution in [0.4, 0.5) is 5.69 Å². The second-order valence-electron chi connectivity index (χ2n) is 5.17. The maximum Gasteiger partial charge on any atom is 0.142 e. The summed E-state index contributed by atoms with van der Waals surface area (Å²) in [7, 11) is 3.19. The Kier molecular flexibility index (Phi) is 6.63. The number of likely N-dealkylation sites (tertiary alicyclic amines) is 1. The smallest absolute Gasteiger partial charge is 0.142 e. The third-order valence-corrected chi connectivity index (χ3v) is 4.51. The lowest BCUT2D eigenvalue weighted by Crippen LogP contribution is -2.34. The van der Waals surface area contributed by atoms with E-state index in [1.54, 1.807) is 7.11 Å². The highest BCUT2D eigenvalue weighted by atomic mass is 32.2. The van der Waals surface area contributed by atoms with Crippen molar-refractivity contribution >= 4 is 17.7 Å². The van der Waals surface area contributed by atoms with Gasteiger partial charge in [-0.2, -0.15) is 4.33 Å². The van der Waals surface area contributed by atoms with Crippen molar-refractivity contribution in [2.24, 2.45) is 0 Å². The summed E-state index contributed by atoms with van der Waals surface area (Å²) in [5.41, 5.74) is 7.91. The van der Waals surface area contributed by atoms with E-state index >= 15 is 0 Å². The molecule has 0 aromatic heterocycles. The van der Waals surface area contributed by atoms with E-state index in [4.69, 9.17) is 14.8 Å². The Morgan fingerprint density at radius 1 is 1.29 bits per heavy atom. The topological polar surface area (TPSA) is 57.0 Å². The molecule has 1 heterocycles. The lowest BCUT2D eigenvalue weighted by atomic mass is 9.89. The van der Waals surface area contributed by atoms with Gasteiger partial charge in [0.25, 0.3) is 0 Å². The number of methoxy groups -OCH3 is 1. The molecule has 1 aliphatic rings. The maximum atomic E-state index is 5.87. The Balaban J connectivity index is 1.81. The number of benzene rings is 1. The molecule has 2 rings (SSSR count). The fourth-order valence-corrected chi connectivity index (χ4v) is 3.22. The summed E-state index contributed by atoms with van der Waals surface area (Å²) in [6.07, 6.45) is 2.34. The van der Waals surface area contributed by atoms with Gasteiger partial charge < -0.3 is 15.4 Å². The van der Waals surface area contributed by atoms with Gasteiger partial charge in [0, 0.05) is 24.3 Å². The van der Waals surface area contributed by atoms with E-state index < -0.39 is 0 Å². The number of hydrogen-bond acceptors (Lipinski definition) is 6. The van der Waals surface area contributed by atoms with Crippen molar-refractivity contribution in [1.29, 1.82) is 0 Å². The molecule has 1 aromatic carbocycles. The first kappa shape index (κ1) is 16.4. The normalized spacial score (nSPS) is 17.0. The first-order chi connectivity index (χ1) is 10.2. The van der Waals surface area contributed by atoms with Crippen molar-refractivity contribution in [3.05, 3.63) is 23.8 Å². The quantitative estimate of drug-likeness (QED) is 0.275. The molecular formula is C15H24N2O3S. The zero-order chi connectivity index (χ0) is 15.1. The largest absolute Gasteiger partial charge is 0.495 e. The van der Waals surface area contributed by atoms with E-state index in [9.17, 15) is 0 Å². The number of ether oxygens (including phenoxy) is 1. The van der Waals surface area contributed by atoms with Gasteiger partial charge in [-0.05, 0) is 49.5 Å². The molecule has 1 aromatic rings. The number of hydrogen-bond donors (Lipinski definition) is 1. The maximum absolute atomic E-state index is 5.87. The Morgan fingerprint density at radius 2 is 2.05 bits per heavy atom. The molecule has 6 heteroatoms. The molecule has 21 heavy (non-hydrogen) atoms. The minimum Gasteiger partial charge on any atom is -0.495 e. The van der Waals surface area contributed by atoms with Crippen LogP contribution in [0.5, 0.6) is 5.75 Å². The number of rotatable bonds is 7. The SMILES string of the molecule is COOSCCN1CCC(c2ccc(N)c(OC)c2)CC1. The second kappa shape index (κ2) is 8.48. The number of anilines is 1. The molecule has 0 amide bonds. The van der Waals surface area contributed by atoms with Crippen LogP contribution in [-0.2, 0) is 9.22 Å². The van der Waals surface area contributed by atoms with Gasteiger partial charge in [-0.3, -0.25) is 0 Å². The summed E-state index contributed by atoms with van der Waals surface area (Å²) < 4.78 is 10.1. The van der Waals surface area contributed by atoms with Crippen LogP contribution in [0.3, 0.4) is 0 Å². The lowest BCUT2D eigenvalue weighted by molar-refractivity contribution is -0.160. The van der Waals surface area contributed by atoms with Gasteiger partial charge in [0.15, 0.2) is 0 Å². The van der Waals surface area contributed by atoms with Crippen molar-refractivity contribution in [1.82, 2.24) is 4.90 Å². The minimum absolute atomic E-state index is 0.596. The molecule has 1 aliphatic heterocycles. The van der Waals surface area contributed by atoms with Crippen LogP contribution in [0.15, 0.2) is 18.2 Å². The van der Waals surface area contributed by atoms with Gasteiger partial charge in [0.1, 0.15) is 5.75 Å². The van der Waals surface area contributed by atoms with Crippen LogP contribution >= 0.6 is 12.0 Å². The fourth-order valence-electron chi connectivity index (χ4n) is 2.72. The zero-order valence-corrected chi connectivity index (χ0v) is 13.5. The zero-order valence-electron chi connectivity index (χ0n) is 12.7. The summed E-state index contributed by atoms with van der Waals surface area (Å²) in [6, 6.07) is 6.15. The minimum atomic E-state index is 0.596. The van der Waals surface area contributed by atoms with Gasteiger partial charge in [-0.25, -0.2) is 4.89 Å². The molecule has 0 radical (unpaired) electrons. The van der Waals surface area contributed by atoms with Crippen LogP contribution < -0.4 is 10.5 Å². The first-order valence-corrected chi connectivity index (χ1v) is 8.13. The highest BCUT2D eigenvalue weighted by Crippen LogP contribution is 2.32. The lowest BCUT2D eigenvalue weighted by Gasteiger charge is -2.32. The van der Waals surface area contributed by atoms with Gasteiger partial charge in [-0.15, -0.1) is 0 Å². The molecule has 1 fully saturated rings. The van der Waals surface area contributed by atoms with E-state index in [1.807, 2.05) is 6.07 Å². The Morgan fingerprint density at radius 3 is 2.71 bits per heavy atom. The number of nitrogens with two attached hydrogens (primary N) is 1. The van der Waals surface area contributed by atoms with Gasteiger partial charge in [0.2, 0.25) is 0 Å². The molecule has 0 atom stereocenters. The molecule has 0 bridgehead atoms. The third kappa shape index (κ3) is 4.78. The molecule has 1 saturated heterocycles. The highest BCUT2D eigenvalue weighted by Gasteiger charge is 2.21. The average molecular weight is 312 g/mol. The van der Waals surface area contributed by atoms with E-state index in [-0.39, 0.29) is 0 Å². The Bertz CT molecular complexity index is 437. The highest BCUT2D eigenvalue weighted by molar-refractivity contribution is 7.94. The van der Waals surface area contributed by atoms with Crippen molar-refractivity contribution < 1.29 is 14.0 Å². The number of nitrogen functional groups attached to an aromatic ring is 1. The van der Waals surface area contributed by atoms with E-state index in [1.165, 1.54) is 37.6 Å². The molecule has 0 unspecified atom stereocenters. The summed E-state index contributed by atoms with van der Waals surface area (Å²) in [6.45, 7) is 3.27.